The molecular weight excluding hydrogens is 332 g/mol. The highest BCUT2D eigenvalue weighted by Gasteiger charge is 2.19. The summed E-state index contributed by atoms with van der Waals surface area (Å²) in [7, 11) is 0.766. The van der Waals surface area contributed by atoms with Gasteiger partial charge in [0.1, 0.15) is 10.6 Å². The normalized spacial score (nSPS) is 11.5. The highest BCUT2D eigenvalue weighted by Crippen LogP contribution is 2.31. The molecule has 7 nitrogen and oxygen atoms in total. The van der Waals surface area contributed by atoms with Crippen LogP contribution in [0.5, 0.6) is 17.2 Å². The lowest BCUT2D eigenvalue weighted by molar-refractivity contribution is 0.353. The van der Waals surface area contributed by atoms with Crippen molar-refractivity contribution in [3.8, 4) is 17.2 Å². The Morgan fingerprint density at radius 1 is 1.00 bits per heavy atom. The minimum Gasteiger partial charge on any atom is -0.493 e. The number of rotatable bonds is 5. The second-order valence-electron chi connectivity index (χ2n) is 5.06. The van der Waals surface area contributed by atoms with Crippen LogP contribution in [0.2, 0.25) is 0 Å². The van der Waals surface area contributed by atoms with Crippen molar-refractivity contribution in [2.24, 2.45) is 7.05 Å². The lowest BCUT2D eigenvalue weighted by Gasteiger charge is -2.11. The first-order valence-corrected chi connectivity index (χ1v) is 8.43. The van der Waals surface area contributed by atoms with Crippen molar-refractivity contribution in [1.29, 1.82) is 0 Å². The molecule has 0 aliphatic rings. The third-order valence-corrected chi connectivity index (χ3v) is 4.79. The Morgan fingerprint density at radius 2 is 1.75 bits per heavy atom. The van der Waals surface area contributed by atoms with Crippen molar-refractivity contribution in [1.82, 2.24) is 9.55 Å². The van der Waals surface area contributed by atoms with E-state index in [1.807, 2.05) is 11.6 Å². The Kier molecular flexibility index (Phi) is 4.06. The molecule has 1 heterocycles. The van der Waals surface area contributed by atoms with E-state index in [0.29, 0.717) is 17.0 Å². The molecule has 0 saturated heterocycles. The number of imidazole rings is 1. The molecule has 1 aromatic heterocycles. The quantitative estimate of drug-likeness (QED) is 0.659. The number of aryl methyl sites for hydroxylation is 1. The number of hydrogen-bond acceptors (Lipinski definition) is 6. The molecule has 0 bridgehead atoms. The number of ether oxygens (including phenoxy) is 2. The first-order valence-electron chi connectivity index (χ1n) is 7.02. The number of methoxy groups -OCH3 is 2. The summed E-state index contributed by atoms with van der Waals surface area (Å²) in [5, 5.41) is 0. The van der Waals surface area contributed by atoms with Crippen LogP contribution in [-0.4, -0.2) is 32.2 Å². The molecule has 0 radical (unpaired) electrons. The number of hydrogen-bond donors (Lipinski definition) is 0. The first-order chi connectivity index (χ1) is 11.4. The average molecular weight is 348 g/mol. The number of fused-ring (bicyclic) bond motifs is 1. The fourth-order valence-electron chi connectivity index (χ4n) is 2.31. The average Bonchev–Trinajstić information content (AvgIpc) is 2.94. The molecule has 0 atom stereocenters. The van der Waals surface area contributed by atoms with Gasteiger partial charge in [0.15, 0.2) is 11.5 Å². The number of benzene rings is 2. The molecule has 3 aromatic rings. The summed E-state index contributed by atoms with van der Waals surface area (Å²) in [4.78, 5) is 4.16. The van der Waals surface area contributed by atoms with Crippen LogP contribution >= 0.6 is 0 Å². The monoisotopic (exact) mass is 348 g/mol. The minimum atomic E-state index is -4.00. The molecule has 0 unspecified atom stereocenters. The maximum atomic E-state index is 12.5. The Labute approximate surface area is 139 Å². The topological polar surface area (TPSA) is 79.7 Å². The molecule has 0 N–H and O–H groups in total. The molecule has 126 valence electrons. The second-order valence-corrected chi connectivity index (χ2v) is 6.61. The zero-order valence-corrected chi connectivity index (χ0v) is 14.2. The van der Waals surface area contributed by atoms with Gasteiger partial charge in [-0.15, -0.1) is 0 Å². The van der Waals surface area contributed by atoms with Crippen molar-refractivity contribution < 1.29 is 22.1 Å². The van der Waals surface area contributed by atoms with Gasteiger partial charge in [-0.3, -0.25) is 0 Å². The Hall–Kier alpha value is -2.74. The number of aromatic nitrogens is 2. The van der Waals surface area contributed by atoms with Crippen molar-refractivity contribution >= 4 is 21.2 Å². The van der Waals surface area contributed by atoms with Gasteiger partial charge in [0.25, 0.3) is 0 Å². The van der Waals surface area contributed by atoms with Crippen molar-refractivity contribution in [3.05, 3.63) is 42.7 Å². The van der Waals surface area contributed by atoms with Crippen LogP contribution in [-0.2, 0) is 17.2 Å². The fourth-order valence-corrected chi connectivity index (χ4v) is 3.25. The number of nitrogens with zero attached hydrogens (tertiary/aromatic N) is 2. The van der Waals surface area contributed by atoms with Gasteiger partial charge in [0.2, 0.25) is 0 Å². The highest BCUT2D eigenvalue weighted by molar-refractivity contribution is 7.87. The van der Waals surface area contributed by atoms with Gasteiger partial charge in [0.05, 0.1) is 31.6 Å². The van der Waals surface area contributed by atoms with Gasteiger partial charge in [-0.25, -0.2) is 4.98 Å². The molecule has 24 heavy (non-hydrogen) atoms. The largest absolute Gasteiger partial charge is 0.493 e. The molecule has 8 heteroatoms. The van der Waals surface area contributed by atoms with E-state index in [1.165, 1.54) is 32.4 Å². The molecule has 0 amide bonds. The van der Waals surface area contributed by atoms with Crippen LogP contribution in [0.3, 0.4) is 0 Å². The van der Waals surface area contributed by atoms with Gasteiger partial charge in [-0.05, 0) is 24.3 Å². The van der Waals surface area contributed by atoms with E-state index in [4.69, 9.17) is 13.7 Å². The van der Waals surface area contributed by atoms with Crippen LogP contribution in [0, 0.1) is 0 Å². The molecule has 0 aliphatic heterocycles. The molecule has 0 saturated carbocycles. The van der Waals surface area contributed by atoms with E-state index < -0.39 is 10.1 Å². The molecule has 0 spiro atoms. The van der Waals surface area contributed by atoms with Crippen LogP contribution in [0.15, 0.2) is 47.6 Å². The van der Waals surface area contributed by atoms with E-state index >= 15 is 0 Å². The first kappa shape index (κ1) is 16.1. The summed E-state index contributed by atoms with van der Waals surface area (Å²) in [6, 6.07) is 9.18. The predicted octanol–water partition coefficient (Wildman–Crippen LogP) is 2.36. The van der Waals surface area contributed by atoms with E-state index in [2.05, 4.69) is 4.98 Å². The molecule has 2 aromatic carbocycles. The van der Waals surface area contributed by atoms with Crippen molar-refractivity contribution in [3.63, 3.8) is 0 Å². The fraction of sp³-hybridized carbons (Fsp3) is 0.188. The summed E-state index contributed by atoms with van der Waals surface area (Å²) in [5.41, 5.74) is 1.53. The SMILES string of the molecule is COc1ccc(S(=O)(=O)Oc2ccc3c(c2)ncn3C)cc1OC. The van der Waals surface area contributed by atoms with Crippen LogP contribution in [0.25, 0.3) is 11.0 Å². The standard InChI is InChI=1S/C16H16N2O5S/c1-18-10-17-13-8-11(4-6-14(13)18)23-24(19,20)12-5-7-15(21-2)16(9-12)22-3/h4-10H,1-3H3. The van der Waals surface area contributed by atoms with E-state index in [0.717, 1.165) is 5.52 Å². The summed E-state index contributed by atoms with van der Waals surface area (Å²) in [6.45, 7) is 0. The third kappa shape index (κ3) is 2.88. The van der Waals surface area contributed by atoms with Crippen molar-refractivity contribution in [2.45, 2.75) is 4.90 Å². The molecule has 0 fully saturated rings. The van der Waals surface area contributed by atoms with Gasteiger partial charge in [0, 0.05) is 19.2 Å². The van der Waals surface area contributed by atoms with E-state index in [-0.39, 0.29) is 10.6 Å². The minimum absolute atomic E-state index is 0.0266. The van der Waals surface area contributed by atoms with E-state index in [1.54, 1.807) is 24.5 Å². The molecule has 0 aliphatic carbocycles. The van der Waals surface area contributed by atoms with Gasteiger partial charge >= 0.3 is 10.1 Å². The van der Waals surface area contributed by atoms with Gasteiger partial charge < -0.3 is 18.2 Å². The zero-order valence-electron chi connectivity index (χ0n) is 13.4. The van der Waals surface area contributed by atoms with Crippen LogP contribution in [0.4, 0.5) is 0 Å². The second kappa shape index (κ2) is 6.04. The molecule has 3 rings (SSSR count). The summed E-state index contributed by atoms with van der Waals surface area (Å²) in [6.07, 6.45) is 1.65. The summed E-state index contributed by atoms with van der Waals surface area (Å²) < 4.78 is 42.2. The Bertz CT molecular complexity index is 995. The van der Waals surface area contributed by atoms with Gasteiger partial charge in [-0.1, -0.05) is 0 Å². The summed E-state index contributed by atoms with van der Waals surface area (Å²) >= 11 is 0. The lowest BCUT2D eigenvalue weighted by Crippen LogP contribution is -2.10. The molecular formula is C16H16N2O5S. The third-order valence-electron chi connectivity index (χ3n) is 3.55. The zero-order chi connectivity index (χ0) is 17.3. The van der Waals surface area contributed by atoms with Gasteiger partial charge in [-0.2, -0.15) is 8.42 Å². The van der Waals surface area contributed by atoms with Crippen LogP contribution in [0.1, 0.15) is 0 Å². The maximum absolute atomic E-state index is 12.5. The predicted molar refractivity (Wildman–Crippen MR) is 88.1 cm³/mol. The Morgan fingerprint density at radius 3 is 2.46 bits per heavy atom. The van der Waals surface area contributed by atoms with Crippen LogP contribution < -0.4 is 13.7 Å². The highest BCUT2D eigenvalue weighted by atomic mass is 32.2. The smallest absolute Gasteiger partial charge is 0.339 e. The summed E-state index contributed by atoms with van der Waals surface area (Å²) in [5.74, 6) is 0.935. The Balaban J connectivity index is 1.95. The lowest BCUT2D eigenvalue weighted by atomic mass is 10.3. The van der Waals surface area contributed by atoms with Crippen molar-refractivity contribution in [2.75, 3.05) is 14.2 Å². The maximum Gasteiger partial charge on any atom is 0.339 e. The van der Waals surface area contributed by atoms with E-state index in [9.17, 15) is 8.42 Å².